The van der Waals surface area contributed by atoms with Crippen LogP contribution in [0.15, 0.2) is 43.0 Å². The van der Waals surface area contributed by atoms with Crippen LogP contribution in [-0.2, 0) is 11.3 Å². The first-order valence-electron chi connectivity index (χ1n) is 6.66. The molecular weight excluding hydrogens is 268 g/mol. The smallest absolute Gasteiger partial charge is 0.340 e. The molecule has 2 heterocycles. The van der Waals surface area contributed by atoms with E-state index in [1.807, 2.05) is 30.3 Å². The summed E-state index contributed by atoms with van der Waals surface area (Å²) in [6.45, 7) is 2.48. The van der Waals surface area contributed by atoms with Crippen LogP contribution in [0.25, 0.3) is 10.9 Å². The molecule has 21 heavy (non-hydrogen) atoms. The fourth-order valence-corrected chi connectivity index (χ4v) is 2.13. The van der Waals surface area contributed by atoms with E-state index in [1.54, 1.807) is 17.9 Å². The Hall–Kier alpha value is -2.76. The van der Waals surface area contributed by atoms with Crippen LogP contribution < -0.4 is 0 Å². The minimum absolute atomic E-state index is 0.328. The van der Waals surface area contributed by atoms with Gasteiger partial charge in [-0.15, -0.1) is 0 Å². The predicted molar refractivity (Wildman–Crippen MR) is 76.8 cm³/mol. The minimum atomic E-state index is -0.370. The summed E-state index contributed by atoms with van der Waals surface area (Å²) >= 11 is 0. The number of para-hydroxylation sites is 1. The van der Waals surface area contributed by atoms with E-state index in [0.29, 0.717) is 24.4 Å². The highest BCUT2D eigenvalue weighted by atomic mass is 16.5. The van der Waals surface area contributed by atoms with Crippen LogP contribution in [0.2, 0.25) is 0 Å². The number of hydrogen-bond donors (Lipinski definition) is 0. The molecule has 0 aliphatic heterocycles. The van der Waals surface area contributed by atoms with Gasteiger partial charge in [0, 0.05) is 5.39 Å². The molecule has 2 aromatic heterocycles. The van der Waals surface area contributed by atoms with Gasteiger partial charge in [-0.25, -0.2) is 19.4 Å². The van der Waals surface area contributed by atoms with Crippen molar-refractivity contribution in [3.05, 3.63) is 54.2 Å². The molecule has 0 saturated carbocycles. The number of aromatic nitrogens is 4. The molecule has 0 N–H and O–H groups in total. The zero-order chi connectivity index (χ0) is 14.7. The number of carbonyl (C=O) groups excluding carboxylic acids is 1. The Bertz CT molecular complexity index is 768. The highest BCUT2D eigenvalue weighted by Gasteiger charge is 2.16. The Morgan fingerprint density at radius 3 is 2.95 bits per heavy atom. The predicted octanol–water partition coefficient (Wildman–Crippen LogP) is 2.05. The standard InChI is InChI=1S/C15H14N4O2/c1-2-21-15(20)12-7-11-5-3-4-6-13(11)18-14(12)8-19-10-16-9-17-19/h3-7,9-10H,2,8H2,1H3. The molecule has 0 aliphatic rings. The Labute approximate surface area is 121 Å². The number of carbonyl (C=O) groups is 1. The summed E-state index contributed by atoms with van der Waals surface area (Å²) in [6, 6.07) is 9.47. The van der Waals surface area contributed by atoms with Crippen molar-refractivity contribution in [3.63, 3.8) is 0 Å². The molecule has 0 bridgehead atoms. The zero-order valence-corrected chi connectivity index (χ0v) is 11.6. The molecular formula is C15H14N4O2. The van der Waals surface area contributed by atoms with Gasteiger partial charge in [-0.05, 0) is 19.1 Å². The Morgan fingerprint density at radius 1 is 1.33 bits per heavy atom. The van der Waals surface area contributed by atoms with Gasteiger partial charge in [0.25, 0.3) is 0 Å². The number of hydrogen-bond acceptors (Lipinski definition) is 5. The van der Waals surface area contributed by atoms with Crippen molar-refractivity contribution in [2.45, 2.75) is 13.5 Å². The first-order chi connectivity index (χ1) is 10.3. The molecule has 0 unspecified atom stereocenters. The monoisotopic (exact) mass is 282 g/mol. The molecule has 0 saturated heterocycles. The molecule has 0 atom stereocenters. The third-order valence-electron chi connectivity index (χ3n) is 3.08. The summed E-state index contributed by atoms with van der Waals surface area (Å²) in [7, 11) is 0. The lowest BCUT2D eigenvalue weighted by molar-refractivity contribution is 0.0524. The van der Waals surface area contributed by atoms with Crippen molar-refractivity contribution in [2.24, 2.45) is 0 Å². The van der Waals surface area contributed by atoms with Crippen molar-refractivity contribution in [3.8, 4) is 0 Å². The molecule has 0 spiro atoms. The lowest BCUT2D eigenvalue weighted by Gasteiger charge is -2.10. The molecule has 0 aliphatic carbocycles. The van der Waals surface area contributed by atoms with E-state index in [4.69, 9.17) is 4.74 Å². The van der Waals surface area contributed by atoms with Gasteiger partial charge in [0.15, 0.2) is 0 Å². The fraction of sp³-hybridized carbons (Fsp3) is 0.200. The van der Waals surface area contributed by atoms with E-state index in [9.17, 15) is 4.79 Å². The lowest BCUT2D eigenvalue weighted by atomic mass is 10.1. The first kappa shape index (κ1) is 13.2. The summed E-state index contributed by atoms with van der Waals surface area (Å²) in [6.07, 6.45) is 3.04. The first-order valence-corrected chi connectivity index (χ1v) is 6.66. The van der Waals surface area contributed by atoms with Crippen molar-refractivity contribution in [1.29, 1.82) is 0 Å². The van der Waals surface area contributed by atoms with Gasteiger partial charge in [-0.2, -0.15) is 5.10 Å². The number of ether oxygens (including phenoxy) is 1. The average Bonchev–Trinajstić information content (AvgIpc) is 3.00. The van der Waals surface area contributed by atoms with Crippen LogP contribution >= 0.6 is 0 Å². The van der Waals surface area contributed by atoms with Crippen LogP contribution in [0.4, 0.5) is 0 Å². The molecule has 6 nitrogen and oxygen atoms in total. The number of nitrogens with zero attached hydrogens (tertiary/aromatic N) is 4. The summed E-state index contributed by atoms with van der Waals surface area (Å²) in [4.78, 5) is 20.6. The normalized spacial score (nSPS) is 10.7. The fourth-order valence-electron chi connectivity index (χ4n) is 2.13. The van der Waals surface area contributed by atoms with Crippen LogP contribution in [0.5, 0.6) is 0 Å². The molecule has 0 radical (unpaired) electrons. The van der Waals surface area contributed by atoms with Crippen molar-refractivity contribution in [1.82, 2.24) is 19.7 Å². The van der Waals surface area contributed by atoms with Crippen LogP contribution in [0, 0.1) is 0 Å². The zero-order valence-electron chi connectivity index (χ0n) is 11.6. The van der Waals surface area contributed by atoms with E-state index < -0.39 is 0 Å². The van der Waals surface area contributed by atoms with Gasteiger partial charge in [-0.1, -0.05) is 18.2 Å². The van der Waals surface area contributed by atoms with Gasteiger partial charge in [0.2, 0.25) is 0 Å². The largest absolute Gasteiger partial charge is 0.462 e. The van der Waals surface area contributed by atoms with E-state index in [2.05, 4.69) is 15.1 Å². The number of fused-ring (bicyclic) bond motifs is 1. The van der Waals surface area contributed by atoms with Crippen molar-refractivity contribution < 1.29 is 9.53 Å². The third-order valence-corrected chi connectivity index (χ3v) is 3.08. The van der Waals surface area contributed by atoms with Crippen molar-refractivity contribution in [2.75, 3.05) is 6.61 Å². The number of benzene rings is 1. The summed E-state index contributed by atoms with van der Waals surface area (Å²) in [5.74, 6) is -0.370. The van der Waals surface area contributed by atoms with E-state index in [0.717, 1.165) is 10.9 Å². The van der Waals surface area contributed by atoms with Gasteiger partial charge < -0.3 is 4.74 Å². The quantitative estimate of drug-likeness (QED) is 0.685. The highest BCUT2D eigenvalue weighted by Crippen LogP contribution is 2.18. The Balaban J connectivity index is 2.09. The average molecular weight is 282 g/mol. The van der Waals surface area contributed by atoms with Gasteiger partial charge in [0.1, 0.15) is 12.7 Å². The van der Waals surface area contributed by atoms with Gasteiger partial charge >= 0.3 is 5.97 Å². The molecule has 3 aromatic rings. The molecule has 0 amide bonds. The molecule has 3 rings (SSSR count). The maximum atomic E-state index is 12.1. The minimum Gasteiger partial charge on any atom is -0.462 e. The number of rotatable bonds is 4. The van der Waals surface area contributed by atoms with Gasteiger partial charge in [0.05, 0.1) is 29.9 Å². The van der Waals surface area contributed by atoms with E-state index in [1.165, 1.54) is 6.33 Å². The van der Waals surface area contributed by atoms with Gasteiger partial charge in [-0.3, -0.25) is 0 Å². The second kappa shape index (κ2) is 5.70. The molecule has 0 fully saturated rings. The Morgan fingerprint density at radius 2 is 2.19 bits per heavy atom. The van der Waals surface area contributed by atoms with E-state index >= 15 is 0 Å². The summed E-state index contributed by atoms with van der Waals surface area (Å²) in [5.41, 5.74) is 1.92. The third kappa shape index (κ3) is 2.74. The SMILES string of the molecule is CCOC(=O)c1cc2ccccc2nc1Cn1cncn1. The van der Waals surface area contributed by atoms with Crippen LogP contribution in [-0.4, -0.2) is 32.3 Å². The number of esters is 1. The lowest BCUT2D eigenvalue weighted by Crippen LogP contribution is -2.13. The van der Waals surface area contributed by atoms with E-state index in [-0.39, 0.29) is 5.97 Å². The second-order valence-electron chi connectivity index (χ2n) is 4.49. The summed E-state index contributed by atoms with van der Waals surface area (Å²) < 4.78 is 6.74. The molecule has 106 valence electrons. The molecule has 6 heteroatoms. The molecule has 1 aromatic carbocycles. The van der Waals surface area contributed by atoms with Crippen LogP contribution in [0.3, 0.4) is 0 Å². The topological polar surface area (TPSA) is 69.9 Å². The number of pyridine rings is 1. The summed E-state index contributed by atoms with van der Waals surface area (Å²) in [5, 5.41) is 4.96. The Kier molecular flexibility index (Phi) is 3.59. The maximum Gasteiger partial charge on any atom is 0.340 e. The second-order valence-corrected chi connectivity index (χ2v) is 4.49. The highest BCUT2D eigenvalue weighted by molar-refractivity contribution is 5.95. The van der Waals surface area contributed by atoms with Crippen molar-refractivity contribution >= 4 is 16.9 Å². The van der Waals surface area contributed by atoms with Crippen LogP contribution in [0.1, 0.15) is 23.0 Å². The maximum absolute atomic E-state index is 12.1.